The minimum Gasteiger partial charge on any atom is -0.553 e. The van der Waals surface area contributed by atoms with Gasteiger partial charge in [0, 0.05) is 13.2 Å². The highest BCUT2D eigenvalue weighted by molar-refractivity contribution is 4.69. The molecule has 2 aliphatic heterocycles. The van der Waals surface area contributed by atoms with Crippen LogP contribution in [-0.4, -0.2) is 32.0 Å². The second-order valence-corrected chi connectivity index (χ2v) is 2.28. The lowest BCUT2D eigenvalue weighted by atomic mass is 10.5. The van der Waals surface area contributed by atoms with Crippen molar-refractivity contribution >= 4 is 0 Å². The van der Waals surface area contributed by atoms with E-state index in [1.807, 2.05) is 0 Å². The third kappa shape index (κ3) is 7.78. The Hall–Kier alpha value is -0.120. The van der Waals surface area contributed by atoms with Crippen molar-refractivity contribution in [2.75, 3.05) is 19.8 Å². The highest BCUT2D eigenvalue weighted by Gasteiger charge is 2.19. The highest BCUT2D eigenvalue weighted by atomic mass is 16.6. The van der Waals surface area contributed by atoms with Crippen LogP contribution in [0.25, 0.3) is 0 Å². The summed E-state index contributed by atoms with van der Waals surface area (Å²) in [5, 5.41) is 0. The van der Waals surface area contributed by atoms with Crippen LogP contribution in [0.15, 0.2) is 0 Å². The molecule has 0 aromatic carbocycles. The van der Waals surface area contributed by atoms with Gasteiger partial charge in [-0.05, 0) is 6.10 Å². The molecule has 0 saturated carbocycles. The predicted octanol–water partition coefficient (Wildman–Crippen LogP) is 1.05. The Morgan fingerprint density at radius 1 is 1.36 bits per heavy atom. The summed E-state index contributed by atoms with van der Waals surface area (Å²) in [4.78, 5) is 0. The number of epoxide rings is 2. The molecule has 0 bridgehead atoms. The fourth-order valence-electron chi connectivity index (χ4n) is 0.364. The monoisotopic (exact) mass is 160 g/mol. The first-order chi connectivity index (χ1) is 4.83. The minimum atomic E-state index is 0. The summed E-state index contributed by atoms with van der Waals surface area (Å²) in [6.07, 6.45) is 0.697. The molecule has 2 fully saturated rings. The van der Waals surface area contributed by atoms with E-state index in [4.69, 9.17) is 4.74 Å². The van der Waals surface area contributed by atoms with E-state index in [0.717, 1.165) is 13.2 Å². The molecule has 0 amide bonds. The first-order valence-electron chi connectivity index (χ1n) is 3.26. The lowest BCUT2D eigenvalue weighted by Crippen LogP contribution is -1.93. The third-order valence-corrected chi connectivity index (χ3v) is 1.11. The predicted molar refractivity (Wildman–Crippen MR) is 42.9 cm³/mol. The SMILES string of the molecule is C.[CH2-]C1CO1.[CH2-]OCC1CO1. The molecule has 2 saturated heterocycles. The maximum absolute atomic E-state index is 4.78. The summed E-state index contributed by atoms with van der Waals surface area (Å²) in [6.45, 7) is 5.91. The van der Waals surface area contributed by atoms with E-state index in [9.17, 15) is 0 Å². The molecular weight excluding hydrogens is 144 g/mol. The Morgan fingerprint density at radius 2 is 1.82 bits per heavy atom. The summed E-state index contributed by atoms with van der Waals surface area (Å²) in [5.74, 6) is 0. The Balaban J connectivity index is 0.000000177. The van der Waals surface area contributed by atoms with Crippen LogP contribution in [0.2, 0.25) is 0 Å². The molecule has 2 aliphatic rings. The van der Waals surface area contributed by atoms with Gasteiger partial charge in [0.05, 0.1) is 6.61 Å². The van der Waals surface area contributed by atoms with Crippen LogP contribution < -0.4 is 0 Å². The van der Waals surface area contributed by atoms with Crippen molar-refractivity contribution in [2.45, 2.75) is 19.6 Å². The van der Waals surface area contributed by atoms with Gasteiger partial charge in [-0.2, -0.15) is 0 Å². The van der Waals surface area contributed by atoms with E-state index >= 15 is 0 Å². The van der Waals surface area contributed by atoms with Crippen molar-refractivity contribution in [3.8, 4) is 0 Å². The molecular formula is C8H16O3-2. The number of ether oxygens (including phenoxy) is 3. The second-order valence-electron chi connectivity index (χ2n) is 2.28. The standard InChI is InChI=1S/C4H7O2.C3H5O.CH4/c1-5-2-4-3-6-4;1-3-2-4-3;/h4H,1-3H2;3H,1-2H2;1H4/q2*-1;. The van der Waals surface area contributed by atoms with Gasteiger partial charge in [-0.15, -0.1) is 0 Å². The largest absolute Gasteiger partial charge is 0.553 e. The lowest BCUT2D eigenvalue weighted by Gasteiger charge is -1.95. The molecule has 11 heavy (non-hydrogen) atoms. The molecule has 2 heterocycles. The quantitative estimate of drug-likeness (QED) is 0.447. The van der Waals surface area contributed by atoms with E-state index in [-0.39, 0.29) is 7.43 Å². The van der Waals surface area contributed by atoms with Crippen molar-refractivity contribution in [1.82, 2.24) is 0 Å². The molecule has 0 aliphatic carbocycles. The fourth-order valence-corrected chi connectivity index (χ4v) is 0.364. The second kappa shape index (κ2) is 5.52. The van der Waals surface area contributed by atoms with Gasteiger partial charge in [-0.3, -0.25) is 0 Å². The van der Waals surface area contributed by atoms with E-state index in [0.29, 0.717) is 18.8 Å². The zero-order valence-electron chi connectivity index (χ0n) is 5.91. The Bertz CT molecular complexity index is 87.3. The number of rotatable bonds is 2. The Morgan fingerprint density at radius 3 is 1.91 bits per heavy atom. The Labute approximate surface area is 68.6 Å². The number of hydrogen-bond donors (Lipinski definition) is 0. The summed E-state index contributed by atoms with van der Waals surface area (Å²) >= 11 is 0. The van der Waals surface area contributed by atoms with E-state index in [2.05, 4.69) is 23.5 Å². The van der Waals surface area contributed by atoms with Gasteiger partial charge in [0.25, 0.3) is 0 Å². The lowest BCUT2D eigenvalue weighted by molar-refractivity contribution is 0.206. The van der Waals surface area contributed by atoms with Gasteiger partial charge in [-0.25, -0.2) is 7.11 Å². The average Bonchev–Trinajstić information content (AvgIpc) is 2.68. The summed E-state index contributed by atoms with van der Waals surface area (Å²) < 4.78 is 13.9. The molecule has 2 atom stereocenters. The molecule has 2 rings (SSSR count). The maximum atomic E-state index is 4.78. The van der Waals surface area contributed by atoms with E-state index in [1.54, 1.807) is 0 Å². The Kier molecular flexibility index (Phi) is 5.46. The zero-order chi connectivity index (χ0) is 7.40. The molecule has 0 radical (unpaired) electrons. The van der Waals surface area contributed by atoms with Crippen LogP contribution in [0.5, 0.6) is 0 Å². The van der Waals surface area contributed by atoms with Gasteiger partial charge in [0.1, 0.15) is 6.10 Å². The van der Waals surface area contributed by atoms with Crippen molar-refractivity contribution in [1.29, 1.82) is 0 Å². The van der Waals surface area contributed by atoms with Crippen LogP contribution in [0, 0.1) is 14.0 Å². The van der Waals surface area contributed by atoms with Gasteiger partial charge in [0.15, 0.2) is 0 Å². The van der Waals surface area contributed by atoms with Gasteiger partial charge < -0.3 is 21.1 Å². The summed E-state index contributed by atoms with van der Waals surface area (Å²) in [5.41, 5.74) is 0. The maximum Gasteiger partial charge on any atom is 0.101 e. The van der Waals surface area contributed by atoms with E-state index < -0.39 is 0 Å². The van der Waals surface area contributed by atoms with Crippen LogP contribution in [0.3, 0.4) is 0 Å². The first kappa shape index (κ1) is 10.9. The molecule has 68 valence electrons. The van der Waals surface area contributed by atoms with E-state index in [1.165, 1.54) is 0 Å². The average molecular weight is 160 g/mol. The van der Waals surface area contributed by atoms with Crippen LogP contribution in [0.1, 0.15) is 7.43 Å². The molecule has 0 spiro atoms. The minimum absolute atomic E-state index is 0. The zero-order valence-corrected chi connectivity index (χ0v) is 5.91. The molecule has 0 aromatic heterocycles. The van der Waals surface area contributed by atoms with Crippen LogP contribution >= 0.6 is 0 Å². The first-order valence-corrected chi connectivity index (χ1v) is 3.26. The van der Waals surface area contributed by atoms with Crippen molar-refractivity contribution in [3.05, 3.63) is 14.0 Å². The fraction of sp³-hybridized carbons (Fsp3) is 0.750. The molecule has 3 nitrogen and oxygen atoms in total. The molecule has 3 heteroatoms. The summed E-state index contributed by atoms with van der Waals surface area (Å²) in [7, 11) is 3.19. The van der Waals surface area contributed by atoms with Gasteiger partial charge >= 0.3 is 0 Å². The highest BCUT2D eigenvalue weighted by Crippen LogP contribution is 2.07. The third-order valence-electron chi connectivity index (χ3n) is 1.11. The van der Waals surface area contributed by atoms with Crippen molar-refractivity contribution in [3.63, 3.8) is 0 Å². The van der Waals surface area contributed by atoms with Crippen LogP contribution in [-0.2, 0) is 14.2 Å². The molecule has 0 N–H and O–H groups in total. The molecule has 2 unspecified atom stereocenters. The normalized spacial score (nSPS) is 31.1. The number of hydrogen-bond acceptors (Lipinski definition) is 3. The summed E-state index contributed by atoms with van der Waals surface area (Å²) in [6, 6.07) is 0. The smallest absolute Gasteiger partial charge is 0.101 e. The molecule has 0 aromatic rings. The van der Waals surface area contributed by atoms with Crippen molar-refractivity contribution < 1.29 is 14.2 Å². The van der Waals surface area contributed by atoms with Crippen molar-refractivity contribution in [2.24, 2.45) is 0 Å². The van der Waals surface area contributed by atoms with Gasteiger partial charge in [0.2, 0.25) is 0 Å². The van der Waals surface area contributed by atoms with Crippen LogP contribution in [0.4, 0.5) is 0 Å². The van der Waals surface area contributed by atoms with Gasteiger partial charge in [-0.1, -0.05) is 7.43 Å². The topological polar surface area (TPSA) is 34.3 Å².